The highest BCUT2D eigenvalue weighted by molar-refractivity contribution is 7.09. The number of aryl methyl sites for hydroxylation is 1. The normalized spacial score (nSPS) is 11.4. The summed E-state index contributed by atoms with van der Waals surface area (Å²) < 4.78 is 25.8. The summed E-state index contributed by atoms with van der Waals surface area (Å²) in [5.74, 6) is 0.390. The predicted molar refractivity (Wildman–Crippen MR) is 149 cm³/mol. The van der Waals surface area contributed by atoms with Crippen LogP contribution >= 0.6 is 11.3 Å². The number of amides is 2. The van der Waals surface area contributed by atoms with Crippen LogP contribution in [0.3, 0.4) is 0 Å². The van der Waals surface area contributed by atoms with Crippen LogP contribution in [0.5, 0.6) is 11.5 Å². The number of ether oxygens (including phenoxy) is 2. The molecule has 0 bridgehead atoms. The van der Waals surface area contributed by atoms with Gasteiger partial charge in [0.25, 0.3) is 11.8 Å². The van der Waals surface area contributed by atoms with Crippen molar-refractivity contribution >= 4 is 23.2 Å². The average molecular weight is 548 g/mol. The molecule has 0 fully saturated rings. The third-order valence-corrected chi connectivity index (χ3v) is 7.12. The minimum Gasteiger partial charge on any atom is -0.493 e. The van der Waals surface area contributed by atoms with E-state index >= 15 is 0 Å². The van der Waals surface area contributed by atoms with E-state index in [2.05, 4.69) is 4.99 Å². The van der Waals surface area contributed by atoms with E-state index in [-0.39, 0.29) is 5.91 Å². The average Bonchev–Trinajstić information content (AvgIpc) is 3.29. The van der Waals surface area contributed by atoms with Crippen molar-refractivity contribution in [3.63, 3.8) is 0 Å². The molecule has 0 N–H and O–H groups in total. The number of carbonyl (C=O) groups is 2. The van der Waals surface area contributed by atoms with E-state index in [0.29, 0.717) is 46.9 Å². The van der Waals surface area contributed by atoms with Gasteiger partial charge in [-0.05, 0) is 73.0 Å². The predicted octanol–water partition coefficient (Wildman–Crippen LogP) is 5.12. The molecule has 39 heavy (non-hydrogen) atoms. The zero-order valence-corrected chi connectivity index (χ0v) is 23.1. The topological polar surface area (TPSA) is 73.1 Å². The first-order chi connectivity index (χ1) is 18.8. The first kappa shape index (κ1) is 27.8. The van der Waals surface area contributed by atoms with E-state index in [1.54, 1.807) is 32.2 Å². The Balaban J connectivity index is 1.46. The molecule has 0 atom stereocenters. The van der Waals surface area contributed by atoms with E-state index in [0.717, 1.165) is 16.0 Å². The molecule has 0 unspecified atom stereocenters. The lowest BCUT2D eigenvalue weighted by molar-refractivity contribution is 0.0796. The molecule has 7 nitrogen and oxygen atoms in total. The Morgan fingerprint density at radius 1 is 0.949 bits per heavy atom. The molecule has 0 aliphatic carbocycles. The van der Waals surface area contributed by atoms with Crippen LogP contribution in [0, 0.1) is 12.7 Å². The summed E-state index contributed by atoms with van der Waals surface area (Å²) in [6.07, 6.45) is 2.59. The Labute approximate surface area is 230 Å². The van der Waals surface area contributed by atoms with Gasteiger partial charge in [-0.25, -0.2) is 4.39 Å². The number of benzene rings is 3. The lowest BCUT2D eigenvalue weighted by Gasteiger charge is -2.18. The smallest absolute Gasteiger partial charge is 0.279 e. The maximum absolute atomic E-state index is 13.2. The molecule has 0 saturated heterocycles. The SMILES string of the molecule is COc1ccc(CCN(C)C(=O)c2cccc(Cn3cc(C)sc3=NC(=O)c3ccc(F)cc3)c2)cc1OC. The molecule has 9 heteroatoms. The van der Waals surface area contributed by atoms with Gasteiger partial charge in [-0.1, -0.05) is 18.2 Å². The van der Waals surface area contributed by atoms with Gasteiger partial charge in [0.15, 0.2) is 16.3 Å². The monoisotopic (exact) mass is 547 g/mol. The van der Waals surface area contributed by atoms with Gasteiger partial charge in [0, 0.05) is 42.3 Å². The van der Waals surface area contributed by atoms with Crippen molar-refractivity contribution in [3.05, 3.63) is 111 Å². The van der Waals surface area contributed by atoms with E-state index in [4.69, 9.17) is 9.47 Å². The van der Waals surface area contributed by atoms with Crippen molar-refractivity contribution in [3.8, 4) is 11.5 Å². The number of thiazole rings is 1. The van der Waals surface area contributed by atoms with E-state index in [9.17, 15) is 14.0 Å². The molecule has 0 aliphatic rings. The summed E-state index contributed by atoms with van der Waals surface area (Å²) in [7, 11) is 4.98. The van der Waals surface area contributed by atoms with Crippen molar-refractivity contribution < 1.29 is 23.5 Å². The van der Waals surface area contributed by atoms with Crippen LogP contribution in [-0.2, 0) is 13.0 Å². The van der Waals surface area contributed by atoms with Crippen LogP contribution in [0.1, 0.15) is 36.7 Å². The quantitative estimate of drug-likeness (QED) is 0.292. The fourth-order valence-electron chi connectivity index (χ4n) is 4.10. The summed E-state index contributed by atoms with van der Waals surface area (Å²) in [6, 6.07) is 18.5. The Morgan fingerprint density at radius 3 is 2.41 bits per heavy atom. The van der Waals surface area contributed by atoms with E-state index < -0.39 is 11.7 Å². The molecule has 1 aromatic heterocycles. The second-order valence-electron chi connectivity index (χ2n) is 9.04. The molecular formula is C30H30FN3O4S. The number of halogens is 1. The van der Waals surface area contributed by atoms with Gasteiger partial charge in [0.05, 0.1) is 14.2 Å². The maximum atomic E-state index is 13.2. The van der Waals surface area contributed by atoms with Gasteiger partial charge in [0.2, 0.25) is 0 Å². The molecule has 4 aromatic rings. The second-order valence-corrected chi connectivity index (χ2v) is 10.3. The Hall–Kier alpha value is -4.24. The number of rotatable bonds is 9. The summed E-state index contributed by atoms with van der Waals surface area (Å²) in [5.41, 5.74) is 2.84. The number of likely N-dealkylation sites (N-methyl/N-ethyl adjacent to an activating group) is 1. The summed E-state index contributed by atoms with van der Waals surface area (Å²) in [4.78, 5) is 33.3. The molecule has 0 aliphatic heterocycles. The third kappa shape index (κ3) is 7.00. The van der Waals surface area contributed by atoms with Gasteiger partial charge in [-0.3, -0.25) is 9.59 Å². The largest absolute Gasteiger partial charge is 0.493 e. The summed E-state index contributed by atoms with van der Waals surface area (Å²) >= 11 is 1.39. The van der Waals surface area contributed by atoms with Crippen LogP contribution in [0.2, 0.25) is 0 Å². The standard InChI is InChI=1S/C30H30FN3O4S/c1-20-18-34(30(39-20)32-28(35)23-9-11-25(31)12-10-23)19-22-6-5-7-24(16-22)29(36)33(2)15-14-21-8-13-26(37-3)27(17-21)38-4/h5-13,16-18H,14-15,19H2,1-4H3. The molecule has 0 saturated carbocycles. The molecular weight excluding hydrogens is 517 g/mol. The Morgan fingerprint density at radius 2 is 1.69 bits per heavy atom. The first-order valence-corrected chi connectivity index (χ1v) is 13.2. The second kappa shape index (κ2) is 12.5. The number of methoxy groups -OCH3 is 2. The van der Waals surface area contributed by atoms with Crippen LogP contribution in [0.25, 0.3) is 0 Å². The van der Waals surface area contributed by atoms with Crippen molar-refractivity contribution in [1.82, 2.24) is 9.47 Å². The number of aromatic nitrogens is 1. The van der Waals surface area contributed by atoms with Crippen LogP contribution in [-0.4, -0.2) is 49.1 Å². The number of carbonyl (C=O) groups excluding carboxylic acids is 2. The van der Waals surface area contributed by atoms with Crippen molar-refractivity contribution in [2.24, 2.45) is 4.99 Å². The van der Waals surface area contributed by atoms with E-state index in [1.807, 2.05) is 54.1 Å². The highest BCUT2D eigenvalue weighted by Crippen LogP contribution is 2.27. The Kier molecular flexibility index (Phi) is 8.93. The maximum Gasteiger partial charge on any atom is 0.279 e. The lowest BCUT2D eigenvalue weighted by Crippen LogP contribution is -2.29. The van der Waals surface area contributed by atoms with Crippen LogP contribution in [0.15, 0.2) is 77.9 Å². The highest BCUT2D eigenvalue weighted by atomic mass is 32.1. The van der Waals surface area contributed by atoms with Crippen molar-refractivity contribution in [1.29, 1.82) is 0 Å². The van der Waals surface area contributed by atoms with Gasteiger partial charge in [-0.2, -0.15) is 4.99 Å². The molecule has 4 rings (SSSR count). The van der Waals surface area contributed by atoms with Crippen molar-refractivity contribution in [2.45, 2.75) is 19.9 Å². The number of hydrogen-bond donors (Lipinski definition) is 0. The molecule has 3 aromatic carbocycles. The highest BCUT2D eigenvalue weighted by Gasteiger charge is 2.14. The molecule has 0 spiro atoms. The first-order valence-electron chi connectivity index (χ1n) is 12.3. The summed E-state index contributed by atoms with van der Waals surface area (Å²) in [6.45, 7) is 2.91. The lowest BCUT2D eigenvalue weighted by atomic mass is 10.1. The van der Waals surface area contributed by atoms with Crippen molar-refractivity contribution in [2.75, 3.05) is 27.8 Å². The van der Waals surface area contributed by atoms with Gasteiger partial charge in [0.1, 0.15) is 5.82 Å². The minimum absolute atomic E-state index is 0.0831. The number of hydrogen-bond acceptors (Lipinski definition) is 5. The molecule has 2 amide bonds. The molecule has 202 valence electrons. The summed E-state index contributed by atoms with van der Waals surface area (Å²) in [5, 5.41) is 0. The van der Waals surface area contributed by atoms with Crippen LogP contribution < -0.4 is 14.3 Å². The van der Waals surface area contributed by atoms with E-state index in [1.165, 1.54) is 35.6 Å². The van der Waals surface area contributed by atoms with Gasteiger partial charge in [-0.15, -0.1) is 11.3 Å². The molecule has 1 heterocycles. The van der Waals surface area contributed by atoms with Crippen LogP contribution in [0.4, 0.5) is 4.39 Å². The minimum atomic E-state index is -0.439. The van der Waals surface area contributed by atoms with Gasteiger partial charge < -0.3 is 18.9 Å². The third-order valence-electron chi connectivity index (χ3n) is 6.18. The zero-order valence-electron chi connectivity index (χ0n) is 22.3. The number of nitrogens with zero attached hydrogens (tertiary/aromatic N) is 3. The molecule has 0 radical (unpaired) electrons. The zero-order chi connectivity index (χ0) is 27.9. The Bertz CT molecular complexity index is 1540. The fraction of sp³-hybridized carbons (Fsp3) is 0.233. The fourth-order valence-corrected chi connectivity index (χ4v) is 4.93. The van der Waals surface area contributed by atoms with Gasteiger partial charge >= 0.3 is 0 Å².